The molecule has 19 heavy (non-hydrogen) atoms. The van der Waals surface area contributed by atoms with E-state index in [1.165, 1.54) is 12.8 Å². The van der Waals surface area contributed by atoms with Crippen molar-refractivity contribution in [2.45, 2.75) is 38.6 Å². The minimum atomic E-state index is 0.212. The van der Waals surface area contributed by atoms with Crippen molar-refractivity contribution < 1.29 is 0 Å². The zero-order chi connectivity index (χ0) is 13.7. The second kappa shape index (κ2) is 6.68. The van der Waals surface area contributed by atoms with E-state index in [9.17, 15) is 0 Å². The number of nitrogens with zero attached hydrogens (tertiary/aromatic N) is 3. The van der Waals surface area contributed by atoms with Crippen LogP contribution in [0.4, 0.5) is 5.13 Å². The second-order valence-electron chi connectivity index (χ2n) is 5.32. The molecule has 2 heterocycles. The van der Waals surface area contributed by atoms with E-state index in [0.717, 1.165) is 44.3 Å². The monoisotopic (exact) mass is 282 g/mol. The highest BCUT2D eigenvalue weighted by atomic mass is 32.1. The molecule has 5 heteroatoms. The summed E-state index contributed by atoms with van der Waals surface area (Å²) < 4.78 is 0. The van der Waals surface area contributed by atoms with E-state index in [1.54, 1.807) is 11.3 Å². The van der Waals surface area contributed by atoms with Gasteiger partial charge in [-0.05, 0) is 12.8 Å². The number of rotatable bonds is 6. The third-order valence-electron chi connectivity index (χ3n) is 4.39. The molecular weight excluding hydrogens is 256 g/mol. The molecule has 2 rings (SSSR count). The van der Waals surface area contributed by atoms with E-state index in [4.69, 9.17) is 5.73 Å². The Bertz CT molecular complexity index is 354. The number of hydrogen-bond donors (Lipinski definition) is 1. The lowest BCUT2D eigenvalue weighted by molar-refractivity contribution is 0.0734. The van der Waals surface area contributed by atoms with E-state index in [2.05, 4.69) is 34.0 Å². The number of aromatic nitrogens is 1. The van der Waals surface area contributed by atoms with Gasteiger partial charge in [0.25, 0.3) is 0 Å². The lowest BCUT2D eigenvalue weighted by Crippen LogP contribution is -2.60. The summed E-state index contributed by atoms with van der Waals surface area (Å²) in [4.78, 5) is 9.41. The summed E-state index contributed by atoms with van der Waals surface area (Å²) in [5, 5.41) is 3.21. The van der Waals surface area contributed by atoms with Crippen LogP contribution in [0.25, 0.3) is 0 Å². The number of thiazole rings is 1. The summed E-state index contributed by atoms with van der Waals surface area (Å²) in [7, 11) is 0. The van der Waals surface area contributed by atoms with Crippen molar-refractivity contribution in [2.24, 2.45) is 5.73 Å². The molecular formula is C14H26N4S. The second-order valence-corrected chi connectivity index (χ2v) is 6.19. The maximum Gasteiger partial charge on any atom is 0.185 e. The first-order valence-corrected chi connectivity index (χ1v) is 8.23. The molecule has 1 aromatic rings. The van der Waals surface area contributed by atoms with Gasteiger partial charge in [0.1, 0.15) is 0 Å². The first-order chi connectivity index (χ1) is 9.25. The van der Waals surface area contributed by atoms with Crippen LogP contribution in [-0.4, -0.2) is 48.1 Å². The Balaban J connectivity index is 1.98. The van der Waals surface area contributed by atoms with E-state index in [-0.39, 0.29) is 5.54 Å². The predicted molar refractivity (Wildman–Crippen MR) is 82.9 cm³/mol. The van der Waals surface area contributed by atoms with Crippen LogP contribution in [0, 0.1) is 0 Å². The van der Waals surface area contributed by atoms with Gasteiger partial charge in [0.2, 0.25) is 0 Å². The van der Waals surface area contributed by atoms with Gasteiger partial charge in [-0.1, -0.05) is 20.3 Å². The van der Waals surface area contributed by atoms with Crippen LogP contribution in [0.3, 0.4) is 0 Å². The summed E-state index contributed by atoms with van der Waals surface area (Å²) in [6, 6.07) is 0. The van der Waals surface area contributed by atoms with Gasteiger partial charge in [-0.2, -0.15) is 0 Å². The Morgan fingerprint density at radius 1 is 1.32 bits per heavy atom. The molecule has 0 aliphatic carbocycles. The first kappa shape index (κ1) is 14.8. The number of piperazine rings is 1. The Kier molecular flexibility index (Phi) is 5.19. The van der Waals surface area contributed by atoms with Crippen molar-refractivity contribution in [2.75, 3.05) is 37.6 Å². The highest BCUT2D eigenvalue weighted by Gasteiger charge is 2.35. The molecule has 1 aliphatic rings. The Hall–Kier alpha value is -0.650. The molecule has 0 radical (unpaired) electrons. The van der Waals surface area contributed by atoms with Crippen LogP contribution < -0.4 is 10.6 Å². The first-order valence-electron chi connectivity index (χ1n) is 7.35. The topological polar surface area (TPSA) is 45.4 Å². The molecule has 2 N–H and O–H groups in total. The molecule has 108 valence electrons. The van der Waals surface area contributed by atoms with Crippen LogP contribution in [0.1, 0.15) is 33.1 Å². The summed E-state index contributed by atoms with van der Waals surface area (Å²) in [6.07, 6.45) is 5.45. The van der Waals surface area contributed by atoms with Crippen LogP contribution in [-0.2, 0) is 0 Å². The molecule has 1 atom stereocenters. The summed E-state index contributed by atoms with van der Waals surface area (Å²) >= 11 is 1.73. The highest BCUT2D eigenvalue weighted by Crippen LogP contribution is 2.27. The SMILES string of the molecule is CCCC(CC)(CN)N1CCN(c2nccs2)CC1. The van der Waals surface area contributed by atoms with Crippen molar-refractivity contribution in [3.63, 3.8) is 0 Å². The number of nitrogens with two attached hydrogens (primary N) is 1. The summed E-state index contributed by atoms with van der Waals surface area (Å²) in [5.41, 5.74) is 6.31. The molecule has 1 aromatic heterocycles. The fourth-order valence-corrected chi connectivity index (χ4v) is 3.84. The maximum atomic E-state index is 6.10. The van der Waals surface area contributed by atoms with Gasteiger partial charge in [-0.15, -0.1) is 11.3 Å². The Labute approximate surface area is 120 Å². The number of anilines is 1. The van der Waals surface area contributed by atoms with Crippen LogP contribution in [0.5, 0.6) is 0 Å². The van der Waals surface area contributed by atoms with Crippen molar-refractivity contribution >= 4 is 16.5 Å². The van der Waals surface area contributed by atoms with Crippen molar-refractivity contribution in [3.8, 4) is 0 Å². The minimum Gasteiger partial charge on any atom is -0.346 e. The van der Waals surface area contributed by atoms with E-state index in [1.807, 2.05) is 6.20 Å². The highest BCUT2D eigenvalue weighted by molar-refractivity contribution is 7.13. The normalized spacial score (nSPS) is 20.5. The standard InChI is InChI=1S/C14H26N4S/c1-3-5-14(4-2,12-15)18-9-7-17(8-10-18)13-16-6-11-19-13/h6,11H,3-5,7-10,12,15H2,1-2H3. The van der Waals surface area contributed by atoms with Gasteiger partial charge in [-0.25, -0.2) is 4.98 Å². The van der Waals surface area contributed by atoms with Crippen LogP contribution in [0.15, 0.2) is 11.6 Å². The molecule has 0 saturated carbocycles. The molecule has 1 saturated heterocycles. The molecule has 1 aliphatic heterocycles. The quantitative estimate of drug-likeness (QED) is 0.868. The maximum absolute atomic E-state index is 6.10. The van der Waals surface area contributed by atoms with Gasteiger partial charge in [0.05, 0.1) is 0 Å². The van der Waals surface area contributed by atoms with E-state index < -0.39 is 0 Å². The Morgan fingerprint density at radius 2 is 2.05 bits per heavy atom. The van der Waals surface area contributed by atoms with E-state index in [0.29, 0.717) is 0 Å². The van der Waals surface area contributed by atoms with Crippen LogP contribution >= 0.6 is 11.3 Å². The van der Waals surface area contributed by atoms with Gasteiger partial charge in [-0.3, -0.25) is 4.90 Å². The average Bonchev–Trinajstić information content (AvgIpc) is 2.99. The molecule has 0 aromatic carbocycles. The lowest BCUT2D eigenvalue weighted by atomic mass is 9.88. The van der Waals surface area contributed by atoms with Crippen molar-refractivity contribution in [1.82, 2.24) is 9.88 Å². The lowest BCUT2D eigenvalue weighted by Gasteiger charge is -2.47. The van der Waals surface area contributed by atoms with Crippen molar-refractivity contribution in [3.05, 3.63) is 11.6 Å². The Morgan fingerprint density at radius 3 is 2.53 bits per heavy atom. The molecule has 1 unspecified atom stereocenters. The van der Waals surface area contributed by atoms with Gasteiger partial charge in [0.15, 0.2) is 5.13 Å². The fraction of sp³-hybridized carbons (Fsp3) is 0.786. The minimum absolute atomic E-state index is 0.212. The molecule has 0 amide bonds. The summed E-state index contributed by atoms with van der Waals surface area (Å²) in [6.45, 7) is 9.64. The smallest absolute Gasteiger partial charge is 0.185 e. The fourth-order valence-electron chi connectivity index (χ4n) is 3.14. The molecule has 0 bridgehead atoms. The van der Waals surface area contributed by atoms with Gasteiger partial charge < -0.3 is 10.6 Å². The largest absolute Gasteiger partial charge is 0.346 e. The average molecular weight is 282 g/mol. The zero-order valence-electron chi connectivity index (χ0n) is 12.1. The van der Waals surface area contributed by atoms with Crippen LogP contribution in [0.2, 0.25) is 0 Å². The predicted octanol–water partition coefficient (Wildman–Crippen LogP) is 2.17. The van der Waals surface area contributed by atoms with Crippen molar-refractivity contribution in [1.29, 1.82) is 0 Å². The molecule has 4 nitrogen and oxygen atoms in total. The summed E-state index contributed by atoms with van der Waals surface area (Å²) in [5.74, 6) is 0. The molecule has 0 spiro atoms. The zero-order valence-corrected chi connectivity index (χ0v) is 13.0. The van der Waals surface area contributed by atoms with E-state index >= 15 is 0 Å². The molecule has 1 fully saturated rings. The third-order valence-corrected chi connectivity index (χ3v) is 5.23. The third kappa shape index (κ3) is 3.09. The van der Waals surface area contributed by atoms with Gasteiger partial charge >= 0.3 is 0 Å². The number of hydrogen-bond acceptors (Lipinski definition) is 5. The van der Waals surface area contributed by atoms with Gasteiger partial charge in [0, 0.05) is 49.8 Å².